The maximum Gasteiger partial charge on any atom is 0.307 e. The molecule has 86 valence electrons. The van der Waals surface area contributed by atoms with E-state index in [1.165, 1.54) is 4.88 Å². The molecule has 1 amide bonds. The third-order valence-corrected chi connectivity index (χ3v) is 3.63. The number of carbonyl (C=O) groups excluding carboxylic acids is 1. The van der Waals surface area contributed by atoms with Gasteiger partial charge in [0.15, 0.2) is 0 Å². The quantitative estimate of drug-likeness (QED) is 0.809. The Morgan fingerprint density at radius 2 is 2.31 bits per heavy atom. The van der Waals surface area contributed by atoms with E-state index in [0.29, 0.717) is 13.0 Å². The molecule has 0 aromatic carbocycles. The minimum absolute atomic E-state index is 0.121. The SMILES string of the molecule is O=C(O)C1CC1C(=O)NCCc1cccs1. The van der Waals surface area contributed by atoms with Gasteiger partial charge in [0, 0.05) is 11.4 Å². The average molecular weight is 239 g/mol. The molecule has 0 radical (unpaired) electrons. The Kier molecular flexibility index (Phi) is 3.24. The summed E-state index contributed by atoms with van der Waals surface area (Å²) >= 11 is 1.66. The average Bonchev–Trinajstić information content (AvgIpc) is 2.90. The van der Waals surface area contributed by atoms with E-state index in [4.69, 9.17) is 5.11 Å². The summed E-state index contributed by atoms with van der Waals surface area (Å²) in [6, 6.07) is 4.00. The lowest BCUT2D eigenvalue weighted by Crippen LogP contribution is -2.28. The number of thiophene rings is 1. The molecule has 16 heavy (non-hydrogen) atoms. The molecule has 2 unspecified atom stereocenters. The molecule has 1 aliphatic rings. The smallest absolute Gasteiger partial charge is 0.307 e. The molecule has 0 spiro atoms. The van der Waals surface area contributed by atoms with Gasteiger partial charge in [-0.05, 0) is 24.3 Å². The van der Waals surface area contributed by atoms with Crippen molar-refractivity contribution in [3.63, 3.8) is 0 Å². The Balaban J connectivity index is 1.68. The predicted octanol–water partition coefficient (Wildman–Crippen LogP) is 1.13. The first-order valence-corrected chi connectivity index (χ1v) is 6.09. The normalized spacial score (nSPS) is 22.8. The molecule has 4 nitrogen and oxygen atoms in total. The van der Waals surface area contributed by atoms with Gasteiger partial charge in [0.1, 0.15) is 0 Å². The van der Waals surface area contributed by atoms with E-state index in [1.807, 2.05) is 17.5 Å². The largest absolute Gasteiger partial charge is 0.481 e. The van der Waals surface area contributed by atoms with Gasteiger partial charge in [-0.15, -0.1) is 11.3 Å². The zero-order valence-electron chi connectivity index (χ0n) is 8.68. The molecular weight excluding hydrogens is 226 g/mol. The topological polar surface area (TPSA) is 66.4 Å². The summed E-state index contributed by atoms with van der Waals surface area (Å²) in [5, 5.41) is 13.4. The molecule has 2 N–H and O–H groups in total. The van der Waals surface area contributed by atoms with E-state index in [1.54, 1.807) is 11.3 Å². The van der Waals surface area contributed by atoms with Crippen molar-refractivity contribution >= 4 is 23.2 Å². The number of nitrogens with one attached hydrogen (secondary N) is 1. The number of aliphatic carboxylic acids is 1. The molecule has 1 aliphatic carbocycles. The van der Waals surface area contributed by atoms with E-state index in [9.17, 15) is 9.59 Å². The van der Waals surface area contributed by atoms with Gasteiger partial charge in [-0.25, -0.2) is 0 Å². The first kappa shape index (κ1) is 11.1. The van der Waals surface area contributed by atoms with Crippen LogP contribution in [0.25, 0.3) is 0 Å². The van der Waals surface area contributed by atoms with Crippen LogP contribution in [0.5, 0.6) is 0 Å². The Labute approximate surface area is 97.3 Å². The highest BCUT2D eigenvalue weighted by Crippen LogP contribution is 2.38. The van der Waals surface area contributed by atoms with Gasteiger partial charge >= 0.3 is 5.97 Å². The van der Waals surface area contributed by atoms with Crippen LogP contribution in [0.3, 0.4) is 0 Å². The molecule has 1 aromatic rings. The van der Waals surface area contributed by atoms with Crippen LogP contribution in [0.2, 0.25) is 0 Å². The number of carbonyl (C=O) groups is 2. The summed E-state index contributed by atoms with van der Waals surface area (Å²) in [7, 11) is 0. The molecule has 0 bridgehead atoms. The fourth-order valence-electron chi connectivity index (χ4n) is 1.65. The van der Waals surface area contributed by atoms with Gasteiger partial charge in [-0.1, -0.05) is 6.07 Å². The van der Waals surface area contributed by atoms with E-state index in [-0.39, 0.29) is 11.8 Å². The standard InChI is InChI=1S/C11H13NO3S/c13-10(8-6-9(8)11(14)15)12-4-3-7-2-1-5-16-7/h1-2,5,8-9H,3-4,6H2,(H,12,13)(H,14,15). The molecule has 1 saturated carbocycles. The molecule has 2 atom stereocenters. The Morgan fingerprint density at radius 1 is 1.50 bits per heavy atom. The van der Waals surface area contributed by atoms with Gasteiger partial charge in [-0.3, -0.25) is 9.59 Å². The van der Waals surface area contributed by atoms with Crippen LogP contribution in [0.15, 0.2) is 17.5 Å². The molecule has 5 heteroatoms. The molecule has 0 aliphatic heterocycles. The van der Waals surface area contributed by atoms with Crippen molar-refractivity contribution in [2.24, 2.45) is 11.8 Å². The number of carboxylic acids is 1. The van der Waals surface area contributed by atoms with Crippen molar-refractivity contribution in [2.45, 2.75) is 12.8 Å². The summed E-state index contributed by atoms with van der Waals surface area (Å²) in [4.78, 5) is 23.3. The summed E-state index contributed by atoms with van der Waals surface area (Å²) in [6.45, 7) is 0.586. The maximum atomic E-state index is 11.5. The fraction of sp³-hybridized carbons (Fsp3) is 0.455. The van der Waals surface area contributed by atoms with Crippen LogP contribution in [0, 0.1) is 11.8 Å². The molecule has 1 aromatic heterocycles. The van der Waals surface area contributed by atoms with Gasteiger partial charge in [0.2, 0.25) is 5.91 Å². The summed E-state index contributed by atoms with van der Waals surface area (Å²) < 4.78 is 0. The molecule has 1 fully saturated rings. The van der Waals surface area contributed by atoms with Crippen molar-refractivity contribution in [1.29, 1.82) is 0 Å². The molecular formula is C11H13NO3S. The summed E-state index contributed by atoms with van der Waals surface area (Å²) in [5.41, 5.74) is 0. The highest BCUT2D eigenvalue weighted by Gasteiger charge is 2.48. The molecule has 2 rings (SSSR count). The number of carboxylic acid groups (broad SMARTS) is 1. The first-order valence-electron chi connectivity index (χ1n) is 5.21. The lowest BCUT2D eigenvalue weighted by atomic mass is 10.3. The Bertz CT molecular complexity index is 388. The fourth-order valence-corrected chi connectivity index (χ4v) is 2.36. The predicted molar refractivity (Wildman–Crippen MR) is 60.3 cm³/mol. The van der Waals surface area contributed by atoms with Crippen molar-refractivity contribution < 1.29 is 14.7 Å². The van der Waals surface area contributed by atoms with Crippen LogP contribution in [0.1, 0.15) is 11.3 Å². The number of hydrogen-bond donors (Lipinski definition) is 2. The van der Waals surface area contributed by atoms with Crippen LogP contribution in [0.4, 0.5) is 0 Å². The maximum absolute atomic E-state index is 11.5. The zero-order valence-corrected chi connectivity index (χ0v) is 9.50. The second-order valence-corrected chi connectivity index (χ2v) is 4.94. The van der Waals surface area contributed by atoms with Gasteiger partial charge < -0.3 is 10.4 Å². The van der Waals surface area contributed by atoms with Crippen LogP contribution in [-0.4, -0.2) is 23.5 Å². The zero-order chi connectivity index (χ0) is 11.5. The van der Waals surface area contributed by atoms with Crippen LogP contribution < -0.4 is 5.32 Å². The van der Waals surface area contributed by atoms with Crippen molar-refractivity contribution in [2.75, 3.05) is 6.54 Å². The number of rotatable bonds is 5. The third-order valence-electron chi connectivity index (χ3n) is 2.70. The van der Waals surface area contributed by atoms with Gasteiger partial charge in [-0.2, -0.15) is 0 Å². The first-order chi connectivity index (χ1) is 7.68. The summed E-state index contributed by atoms with van der Waals surface area (Å²) in [5.74, 6) is -1.75. The van der Waals surface area contributed by atoms with Crippen molar-refractivity contribution in [3.8, 4) is 0 Å². The van der Waals surface area contributed by atoms with E-state index < -0.39 is 11.9 Å². The Morgan fingerprint density at radius 3 is 2.88 bits per heavy atom. The highest BCUT2D eigenvalue weighted by molar-refractivity contribution is 7.09. The lowest BCUT2D eigenvalue weighted by molar-refractivity contribution is -0.140. The number of hydrogen-bond acceptors (Lipinski definition) is 3. The minimum atomic E-state index is -0.863. The van der Waals surface area contributed by atoms with E-state index >= 15 is 0 Å². The van der Waals surface area contributed by atoms with E-state index in [2.05, 4.69) is 5.32 Å². The van der Waals surface area contributed by atoms with Crippen LogP contribution in [-0.2, 0) is 16.0 Å². The lowest BCUT2D eigenvalue weighted by Gasteiger charge is -2.02. The molecule has 1 heterocycles. The Hall–Kier alpha value is -1.36. The molecule has 0 saturated heterocycles. The third kappa shape index (κ3) is 2.61. The van der Waals surface area contributed by atoms with Crippen molar-refractivity contribution in [1.82, 2.24) is 5.32 Å². The summed E-state index contributed by atoms with van der Waals surface area (Å²) in [6.07, 6.45) is 1.30. The van der Waals surface area contributed by atoms with Gasteiger partial charge in [0.05, 0.1) is 11.8 Å². The second-order valence-electron chi connectivity index (χ2n) is 3.91. The van der Waals surface area contributed by atoms with Crippen molar-refractivity contribution in [3.05, 3.63) is 22.4 Å². The minimum Gasteiger partial charge on any atom is -0.481 e. The monoisotopic (exact) mass is 239 g/mol. The van der Waals surface area contributed by atoms with E-state index in [0.717, 1.165) is 6.42 Å². The second kappa shape index (κ2) is 4.65. The van der Waals surface area contributed by atoms with Gasteiger partial charge in [0.25, 0.3) is 0 Å². The highest BCUT2D eigenvalue weighted by atomic mass is 32.1. The number of amides is 1. The van der Waals surface area contributed by atoms with Crippen LogP contribution >= 0.6 is 11.3 Å².